The van der Waals surface area contributed by atoms with Gasteiger partial charge in [-0.1, -0.05) is 5.21 Å². The van der Waals surface area contributed by atoms with E-state index in [4.69, 9.17) is 11.6 Å². The van der Waals surface area contributed by atoms with Crippen molar-refractivity contribution in [2.45, 2.75) is 42.5 Å². The van der Waals surface area contributed by atoms with E-state index in [0.29, 0.717) is 5.69 Å². The second-order valence-corrected chi connectivity index (χ2v) is 10.6. The zero-order valence-electron chi connectivity index (χ0n) is 22.9. The number of nitrogens with one attached hydrogen (secondary N) is 2. The summed E-state index contributed by atoms with van der Waals surface area (Å²) in [5, 5.41) is 12.9. The Morgan fingerprint density at radius 2 is 1.87 bits per heavy atom. The van der Waals surface area contributed by atoms with E-state index < -0.39 is 46.4 Å². The minimum absolute atomic E-state index is 0.0899. The number of hydrazine groups is 1. The number of halogens is 8. The zero-order chi connectivity index (χ0) is 33.4. The second kappa shape index (κ2) is 15.2. The fourth-order valence-corrected chi connectivity index (χ4v) is 3.82. The van der Waals surface area contributed by atoms with Gasteiger partial charge in [0.05, 0.1) is 25.0 Å². The average molecular weight is 759 g/mol. The third kappa shape index (κ3) is 11.7. The molecule has 0 bridgehead atoms. The van der Waals surface area contributed by atoms with Crippen LogP contribution in [-0.2, 0) is 28.4 Å². The van der Waals surface area contributed by atoms with Crippen molar-refractivity contribution in [2.75, 3.05) is 6.54 Å². The van der Waals surface area contributed by atoms with E-state index in [1.54, 1.807) is 0 Å². The predicted octanol–water partition coefficient (Wildman–Crippen LogP) is 3.15. The van der Waals surface area contributed by atoms with Crippen LogP contribution < -0.4 is 26.9 Å². The lowest BCUT2D eigenvalue weighted by molar-refractivity contribution is -0.274. The Hall–Kier alpha value is -4.21. The van der Waals surface area contributed by atoms with Gasteiger partial charge in [0.2, 0.25) is 0 Å². The molecule has 0 aliphatic heterocycles. The van der Waals surface area contributed by atoms with Crippen molar-refractivity contribution < 1.29 is 45.1 Å². The molecule has 12 nitrogen and oxygen atoms in total. The average Bonchev–Trinajstić information content (AvgIpc) is 3.42. The summed E-state index contributed by atoms with van der Waals surface area (Å²) in [6, 6.07) is 4.81. The lowest BCUT2D eigenvalue weighted by atomic mass is 10.2. The number of carbonyl (C=O) groups is 2. The molecule has 1 unspecified atom stereocenters. The summed E-state index contributed by atoms with van der Waals surface area (Å²) in [7, 11) is 0. The van der Waals surface area contributed by atoms with Crippen molar-refractivity contribution in [1.82, 2.24) is 35.6 Å². The number of nitrogens with zero attached hydrogens (tertiary/aromatic N) is 5. The zero-order valence-corrected chi connectivity index (χ0v) is 25.0. The van der Waals surface area contributed by atoms with Gasteiger partial charge in [0.15, 0.2) is 5.69 Å². The van der Waals surface area contributed by atoms with E-state index in [0.717, 1.165) is 69.1 Å². The number of aromatic nitrogens is 4. The lowest BCUT2D eigenvalue weighted by Crippen LogP contribution is -2.34. The van der Waals surface area contributed by atoms with Crippen LogP contribution in [0.15, 0.2) is 54.6 Å². The third-order valence-electron chi connectivity index (χ3n) is 5.70. The first-order chi connectivity index (χ1) is 21.0. The SMILES string of the molecule is N/C(=C\N(N)CCC(F)Cn1cc(C(=O)NCc2cc(OC(F)(F)F)ccc2F)nn1)C(=O)NCc1ccc(C(F)(F)I)cn1. The number of alkyl halides is 7. The first-order valence-corrected chi connectivity index (χ1v) is 13.7. The van der Waals surface area contributed by atoms with Gasteiger partial charge < -0.3 is 26.1 Å². The Kier molecular flexibility index (Phi) is 11.9. The molecule has 2 heterocycles. The van der Waals surface area contributed by atoms with Crippen LogP contribution in [0.3, 0.4) is 0 Å². The Bertz CT molecular complexity index is 1500. The number of amides is 2. The van der Waals surface area contributed by atoms with E-state index >= 15 is 0 Å². The van der Waals surface area contributed by atoms with Gasteiger partial charge >= 0.3 is 10.3 Å². The maximum absolute atomic E-state index is 14.5. The molecule has 0 radical (unpaired) electrons. The highest BCUT2D eigenvalue weighted by atomic mass is 127. The van der Waals surface area contributed by atoms with Crippen LogP contribution in [-0.4, -0.2) is 55.9 Å². The number of hydrogen-bond donors (Lipinski definition) is 4. The van der Waals surface area contributed by atoms with Crippen molar-refractivity contribution in [3.8, 4) is 5.75 Å². The second-order valence-electron chi connectivity index (χ2n) is 9.24. The highest BCUT2D eigenvalue weighted by Crippen LogP contribution is 2.34. The minimum atomic E-state index is -4.98. The number of nitrogens with two attached hydrogens (primary N) is 2. The normalized spacial score (nSPS) is 12.9. The Morgan fingerprint density at radius 3 is 2.51 bits per heavy atom. The minimum Gasteiger partial charge on any atom is -0.406 e. The molecule has 0 spiro atoms. The van der Waals surface area contributed by atoms with Crippen molar-refractivity contribution in [3.63, 3.8) is 0 Å². The van der Waals surface area contributed by atoms with Crippen molar-refractivity contribution in [1.29, 1.82) is 0 Å². The maximum atomic E-state index is 14.5. The van der Waals surface area contributed by atoms with Crippen LogP contribution in [0.5, 0.6) is 5.75 Å². The van der Waals surface area contributed by atoms with E-state index in [1.165, 1.54) is 12.1 Å². The number of benzene rings is 1. The molecule has 45 heavy (non-hydrogen) atoms. The molecule has 6 N–H and O–H groups in total. The molecule has 1 aromatic carbocycles. The molecule has 3 rings (SSSR count). The molecule has 2 amide bonds. The molecule has 20 heteroatoms. The molecule has 3 aromatic rings. The fraction of sp³-hybridized carbons (Fsp3) is 0.320. The Balaban J connectivity index is 1.42. The molecule has 2 aromatic heterocycles. The van der Waals surface area contributed by atoms with Gasteiger partial charge in [-0.15, -0.1) is 18.3 Å². The molecule has 0 aliphatic rings. The third-order valence-corrected chi connectivity index (χ3v) is 6.32. The summed E-state index contributed by atoms with van der Waals surface area (Å²) in [6.07, 6.45) is -3.50. The van der Waals surface area contributed by atoms with Crippen LogP contribution in [0.1, 0.15) is 33.7 Å². The Labute approximate surface area is 264 Å². The van der Waals surface area contributed by atoms with E-state index in [9.17, 15) is 40.3 Å². The van der Waals surface area contributed by atoms with E-state index in [1.807, 2.05) is 0 Å². The van der Waals surface area contributed by atoms with Crippen LogP contribution in [0.4, 0.5) is 30.7 Å². The smallest absolute Gasteiger partial charge is 0.406 e. The van der Waals surface area contributed by atoms with E-state index in [2.05, 4.69) is 30.7 Å². The standard InChI is InChI=1S/C25H25F7IN9O3/c26-16(5-6-41(35)12-20(34)22(43)38-10-17-2-1-15(9-36-17)24(28,29)33)11-42-13-21(39-40-42)23(44)37-8-14-7-18(3-4-19(14)27)45-25(30,31)32/h1-4,7,9,12-13,16H,5-6,8,10-11,34-35H2,(H,37,44)(H,38,43)/b20-12-. The lowest BCUT2D eigenvalue weighted by Gasteiger charge is -2.16. The number of pyridine rings is 1. The van der Waals surface area contributed by atoms with Crippen LogP contribution >= 0.6 is 22.6 Å². The topological polar surface area (TPSA) is 166 Å². The highest BCUT2D eigenvalue weighted by Gasteiger charge is 2.31. The summed E-state index contributed by atoms with van der Waals surface area (Å²) in [4.78, 5) is 28.4. The molecule has 0 saturated heterocycles. The van der Waals surface area contributed by atoms with Gasteiger partial charge in [0.1, 0.15) is 23.4 Å². The molecule has 0 fully saturated rings. The Morgan fingerprint density at radius 1 is 1.13 bits per heavy atom. The van der Waals surface area contributed by atoms with Gasteiger partial charge in [-0.25, -0.2) is 19.3 Å². The quantitative estimate of drug-likeness (QED) is 0.0483. The summed E-state index contributed by atoms with van der Waals surface area (Å²) >= 11 is 0.969. The van der Waals surface area contributed by atoms with Gasteiger partial charge in [-0.3, -0.25) is 14.6 Å². The van der Waals surface area contributed by atoms with Crippen LogP contribution in [0, 0.1) is 5.82 Å². The van der Waals surface area contributed by atoms with Crippen LogP contribution in [0.2, 0.25) is 0 Å². The summed E-state index contributed by atoms with van der Waals surface area (Å²) in [5.41, 5.74) is 4.86. The van der Waals surface area contributed by atoms with Gasteiger partial charge in [0.25, 0.3) is 11.8 Å². The van der Waals surface area contributed by atoms with Crippen molar-refractivity contribution in [3.05, 3.63) is 83.0 Å². The largest absolute Gasteiger partial charge is 0.573 e. The van der Waals surface area contributed by atoms with Crippen molar-refractivity contribution >= 4 is 34.4 Å². The monoisotopic (exact) mass is 759 g/mol. The number of hydrogen-bond acceptors (Lipinski definition) is 9. The number of rotatable bonds is 14. The van der Waals surface area contributed by atoms with Gasteiger partial charge in [-0.05, 0) is 36.8 Å². The molecular weight excluding hydrogens is 734 g/mol. The molecule has 244 valence electrons. The molecule has 0 aliphatic carbocycles. The van der Waals surface area contributed by atoms with Crippen LogP contribution in [0.25, 0.3) is 0 Å². The van der Waals surface area contributed by atoms with Crippen molar-refractivity contribution in [2.24, 2.45) is 11.6 Å². The molecular formula is C25H25F7IN9O3. The number of carbonyl (C=O) groups excluding carboxylic acids is 2. The fourth-order valence-electron chi connectivity index (χ4n) is 3.50. The summed E-state index contributed by atoms with van der Waals surface area (Å²) < 4.78 is 93.9. The molecule has 0 saturated carbocycles. The van der Waals surface area contributed by atoms with Gasteiger partial charge in [0, 0.05) is 59.2 Å². The predicted molar refractivity (Wildman–Crippen MR) is 151 cm³/mol. The first kappa shape index (κ1) is 35.3. The highest BCUT2D eigenvalue weighted by molar-refractivity contribution is 14.1. The maximum Gasteiger partial charge on any atom is 0.573 e. The molecule has 1 atom stereocenters. The first-order valence-electron chi connectivity index (χ1n) is 12.7. The summed E-state index contributed by atoms with van der Waals surface area (Å²) in [5.74, 6) is 2.63. The van der Waals surface area contributed by atoms with Gasteiger partial charge in [-0.2, -0.15) is 8.78 Å². The number of ether oxygens (including phenoxy) is 1. The van der Waals surface area contributed by atoms with E-state index in [-0.39, 0.29) is 48.6 Å². The summed E-state index contributed by atoms with van der Waals surface area (Å²) in [6.45, 7) is -1.03.